The van der Waals surface area contributed by atoms with E-state index in [1.54, 1.807) is 11.8 Å². The molecule has 0 saturated carbocycles. The van der Waals surface area contributed by atoms with Crippen LogP contribution in [0, 0.1) is 17.5 Å². The standard InChI is InChI=1S/C16H16F3NOS/c17-14-9-16(19)15(18)8-11(14)10-20-12-2-4-13(5-3-12)22-7-1-6-21/h2-5,8-9,20-21H,1,6-7,10H2. The van der Waals surface area contributed by atoms with E-state index in [1.807, 2.05) is 24.3 Å². The second-order valence-corrected chi connectivity index (χ2v) is 5.83. The molecule has 2 rings (SSSR count). The zero-order valence-electron chi connectivity index (χ0n) is 11.8. The van der Waals surface area contributed by atoms with Crippen molar-refractivity contribution >= 4 is 17.4 Å². The Morgan fingerprint density at radius 3 is 2.32 bits per heavy atom. The summed E-state index contributed by atoms with van der Waals surface area (Å²) in [5, 5.41) is 11.7. The van der Waals surface area contributed by atoms with Crippen molar-refractivity contribution in [3.63, 3.8) is 0 Å². The summed E-state index contributed by atoms with van der Waals surface area (Å²) in [6, 6.07) is 8.89. The Bertz CT molecular complexity index is 620. The lowest BCUT2D eigenvalue weighted by atomic mass is 10.2. The van der Waals surface area contributed by atoms with Gasteiger partial charge in [-0.3, -0.25) is 0 Å². The van der Waals surface area contributed by atoms with Crippen LogP contribution in [0.1, 0.15) is 12.0 Å². The Labute approximate surface area is 131 Å². The molecule has 0 heterocycles. The quantitative estimate of drug-likeness (QED) is 0.454. The maximum Gasteiger partial charge on any atom is 0.161 e. The molecule has 0 radical (unpaired) electrons. The van der Waals surface area contributed by atoms with Gasteiger partial charge in [0.05, 0.1) is 0 Å². The van der Waals surface area contributed by atoms with Gasteiger partial charge in [0.2, 0.25) is 0 Å². The van der Waals surface area contributed by atoms with Crippen molar-refractivity contribution in [2.24, 2.45) is 0 Å². The largest absolute Gasteiger partial charge is 0.396 e. The average molecular weight is 327 g/mol. The number of hydrogen-bond acceptors (Lipinski definition) is 3. The van der Waals surface area contributed by atoms with Gasteiger partial charge in [-0.25, -0.2) is 13.2 Å². The molecule has 22 heavy (non-hydrogen) atoms. The topological polar surface area (TPSA) is 32.3 Å². The Kier molecular flexibility index (Phi) is 6.15. The molecule has 0 bridgehead atoms. The number of benzene rings is 2. The highest BCUT2D eigenvalue weighted by molar-refractivity contribution is 7.99. The van der Waals surface area contributed by atoms with Crippen LogP contribution in [0.2, 0.25) is 0 Å². The van der Waals surface area contributed by atoms with Gasteiger partial charge >= 0.3 is 0 Å². The first kappa shape index (κ1) is 16.7. The van der Waals surface area contributed by atoms with Gasteiger partial charge in [-0.1, -0.05) is 0 Å². The third-order valence-corrected chi connectivity index (χ3v) is 4.10. The van der Waals surface area contributed by atoms with Crippen molar-refractivity contribution < 1.29 is 18.3 Å². The summed E-state index contributed by atoms with van der Waals surface area (Å²) < 4.78 is 39.4. The number of thioether (sulfide) groups is 1. The average Bonchev–Trinajstić information content (AvgIpc) is 2.51. The van der Waals surface area contributed by atoms with E-state index in [0.29, 0.717) is 6.07 Å². The molecule has 0 aliphatic heterocycles. The molecule has 0 saturated heterocycles. The molecular formula is C16H16F3NOS. The van der Waals surface area contributed by atoms with E-state index in [9.17, 15) is 13.2 Å². The molecular weight excluding hydrogens is 311 g/mol. The number of nitrogens with one attached hydrogen (secondary N) is 1. The van der Waals surface area contributed by atoms with Crippen LogP contribution in [0.5, 0.6) is 0 Å². The fourth-order valence-corrected chi connectivity index (χ4v) is 2.66. The van der Waals surface area contributed by atoms with E-state index in [2.05, 4.69) is 5.32 Å². The lowest BCUT2D eigenvalue weighted by Gasteiger charge is -2.09. The molecule has 0 aliphatic rings. The number of hydrogen-bond donors (Lipinski definition) is 2. The maximum absolute atomic E-state index is 13.5. The van der Waals surface area contributed by atoms with Crippen LogP contribution in [0.4, 0.5) is 18.9 Å². The number of aliphatic hydroxyl groups is 1. The molecule has 0 amide bonds. The normalized spacial score (nSPS) is 10.7. The summed E-state index contributed by atoms with van der Waals surface area (Å²) in [6.45, 7) is 0.243. The van der Waals surface area contributed by atoms with Gasteiger partial charge in [-0.05, 0) is 36.8 Å². The van der Waals surface area contributed by atoms with Gasteiger partial charge in [0.25, 0.3) is 0 Å². The van der Waals surface area contributed by atoms with Gasteiger partial charge in [-0.15, -0.1) is 11.8 Å². The van der Waals surface area contributed by atoms with E-state index in [4.69, 9.17) is 5.11 Å². The van der Waals surface area contributed by atoms with E-state index in [1.165, 1.54) is 0 Å². The Morgan fingerprint density at radius 2 is 1.64 bits per heavy atom. The predicted molar refractivity (Wildman–Crippen MR) is 82.5 cm³/mol. The maximum atomic E-state index is 13.5. The SMILES string of the molecule is OCCCSc1ccc(NCc2cc(F)c(F)cc2F)cc1. The van der Waals surface area contributed by atoms with Gasteiger partial charge < -0.3 is 10.4 Å². The monoisotopic (exact) mass is 327 g/mol. The summed E-state index contributed by atoms with van der Waals surface area (Å²) >= 11 is 1.64. The first-order valence-electron chi connectivity index (χ1n) is 6.81. The van der Waals surface area contributed by atoms with E-state index < -0.39 is 17.5 Å². The van der Waals surface area contributed by atoms with Gasteiger partial charge in [-0.2, -0.15) is 0 Å². The number of aliphatic hydroxyl groups excluding tert-OH is 1. The second-order valence-electron chi connectivity index (χ2n) is 4.66. The predicted octanol–water partition coefficient (Wildman–Crippen LogP) is 4.19. The van der Waals surface area contributed by atoms with Crippen molar-refractivity contribution in [2.75, 3.05) is 17.7 Å². The number of anilines is 1. The van der Waals surface area contributed by atoms with Crippen molar-refractivity contribution in [1.82, 2.24) is 0 Å². The van der Waals surface area contributed by atoms with Gasteiger partial charge in [0.15, 0.2) is 11.6 Å². The minimum atomic E-state index is -1.19. The molecule has 2 aromatic rings. The summed E-state index contributed by atoms with van der Waals surface area (Å²) in [6.07, 6.45) is 0.736. The lowest BCUT2D eigenvalue weighted by molar-refractivity contribution is 0.296. The lowest BCUT2D eigenvalue weighted by Crippen LogP contribution is -2.03. The van der Waals surface area contributed by atoms with Crippen LogP contribution in [0.3, 0.4) is 0 Å². The van der Waals surface area contributed by atoms with Crippen LogP contribution in [0.25, 0.3) is 0 Å². The number of halogens is 3. The molecule has 2 aromatic carbocycles. The zero-order chi connectivity index (χ0) is 15.9. The van der Waals surface area contributed by atoms with Crippen molar-refractivity contribution in [3.05, 3.63) is 59.4 Å². The van der Waals surface area contributed by atoms with Crippen molar-refractivity contribution in [3.8, 4) is 0 Å². The fourth-order valence-electron chi connectivity index (χ4n) is 1.82. The minimum Gasteiger partial charge on any atom is -0.396 e. The second kappa shape index (κ2) is 8.10. The smallest absolute Gasteiger partial charge is 0.161 e. The Balaban J connectivity index is 1.93. The molecule has 0 aliphatic carbocycles. The highest BCUT2D eigenvalue weighted by atomic mass is 32.2. The van der Waals surface area contributed by atoms with E-state index in [-0.39, 0.29) is 18.7 Å². The van der Waals surface area contributed by atoms with E-state index >= 15 is 0 Å². The Hall–Kier alpha value is -1.66. The van der Waals surface area contributed by atoms with Crippen LogP contribution >= 0.6 is 11.8 Å². The molecule has 6 heteroatoms. The van der Waals surface area contributed by atoms with Gasteiger partial charge in [0, 0.05) is 41.1 Å². The number of rotatable bonds is 7. The fraction of sp³-hybridized carbons (Fsp3) is 0.250. The highest BCUT2D eigenvalue weighted by Gasteiger charge is 2.09. The van der Waals surface area contributed by atoms with Gasteiger partial charge in [0.1, 0.15) is 5.82 Å². The first-order chi connectivity index (χ1) is 10.6. The summed E-state index contributed by atoms with van der Waals surface area (Å²) in [5.41, 5.74) is 0.830. The van der Waals surface area contributed by atoms with Crippen molar-refractivity contribution in [1.29, 1.82) is 0 Å². The Morgan fingerprint density at radius 1 is 0.955 bits per heavy atom. The molecule has 0 unspecified atom stereocenters. The first-order valence-corrected chi connectivity index (χ1v) is 7.79. The highest BCUT2D eigenvalue weighted by Crippen LogP contribution is 2.21. The third-order valence-electron chi connectivity index (χ3n) is 3.00. The van der Waals surface area contributed by atoms with Crippen LogP contribution in [-0.4, -0.2) is 17.5 Å². The minimum absolute atomic E-state index is 0.0695. The van der Waals surface area contributed by atoms with Crippen LogP contribution in [-0.2, 0) is 6.54 Å². The zero-order valence-corrected chi connectivity index (χ0v) is 12.6. The van der Waals surface area contributed by atoms with E-state index in [0.717, 1.165) is 28.8 Å². The molecule has 2 N–H and O–H groups in total. The summed E-state index contributed by atoms with van der Waals surface area (Å²) in [5.74, 6) is -2.19. The van der Waals surface area contributed by atoms with Crippen LogP contribution in [0.15, 0.2) is 41.3 Å². The molecule has 0 spiro atoms. The summed E-state index contributed by atoms with van der Waals surface area (Å²) in [4.78, 5) is 1.07. The molecule has 118 valence electrons. The third kappa shape index (κ3) is 4.68. The van der Waals surface area contributed by atoms with Crippen molar-refractivity contribution in [2.45, 2.75) is 17.9 Å². The molecule has 0 aromatic heterocycles. The summed E-state index contributed by atoms with van der Waals surface area (Å²) in [7, 11) is 0. The van der Waals surface area contributed by atoms with Crippen LogP contribution < -0.4 is 5.32 Å². The molecule has 0 atom stereocenters. The molecule has 0 fully saturated rings. The molecule has 2 nitrogen and oxygen atoms in total.